The monoisotopic (exact) mass is 323 g/mol. The third-order valence-electron chi connectivity index (χ3n) is 3.79. The third-order valence-corrected chi connectivity index (χ3v) is 3.79. The summed E-state index contributed by atoms with van der Waals surface area (Å²) in [6, 6.07) is 12.5. The van der Waals surface area contributed by atoms with Gasteiger partial charge < -0.3 is 9.15 Å². The molecule has 0 saturated heterocycles. The predicted molar refractivity (Wildman–Crippen MR) is 86.1 cm³/mol. The highest BCUT2D eigenvalue weighted by atomic mass is 16.5. The summed E-state index contributed by atoms with van der Waals surface area (Å²) in [6.07, 6.45) is 1.68. The maximum atomic E-state index is 12.3. The van der Waals surface area contributed by atoms with E-state index in [1.54, 1.807) is 30.5 Å². The van der Waals surface area contributed by atoms with Crippen LogP contribution < -0.4 is 5.69 Å². The van der Waals surface area contributed by atoms with E-state index in [0.29, 0.717) is 17.8 Å². The molecule has 4 aromatic rings. The van der Waals surface area contributed by atoms with Crippen LogP contribution in [0.5, 0.6) is 0 Å². The number of ether oxygens (including phenoxy) is 1. The SMILES string of the molecule is COC(=O)c1cc2cc(Cn3nc4ccccn4c3=O)ccc2o1. The van der Waals surface area contributed by atoms with Gasteiger partial charge in [0.1, 0.15) is 5.58 Å². The van der Waals surface area contributed by atoms with Crippen LogP contribution in [0.1, 0.15) is 16.1 Å². The first-order chi connectivity index (χ1) is 11.7. The van der Waals surface area contributed by atoms with Crippen LogP contribution in [0.25, 0.3) is 16.6 Å². The highest BCUT2D eigenvalue weighted by Crippen LogP contribution is 2.21. The number of carbonyl (C=O) groups excluding carboxylic acids is 1. The van der Waals surface area contributed by atoms with Gasteiger partial charge in [-0.2, -0.15) is 0 Å². The van der Waals surface area contributed by atoms with Crippen molar-refractivity contribution < 1.29 is 13.9 Å². The average molecular weight is 323 g/mol. The molecule has 0 aliphatic carbocycles. The number of hydrogen-bond acceptors (Lipinski definition) is 5. The number of pyridine rings is 1. The van der Waals surface area contributed by atoms with Crippen molar-refractivity contribution in [2.75, 3.05) is 7.11 Å². The van der Waals surface area contributed by atoms with E-state index in [2.05, 4.69) is 9.84 Å². The lowest BCUT2D eigenvalue weighted by molar-refractivity contribution is 0.0567. The summed E-state index contributed by atoms with van der Waals surface area (Å²) >= 11 is 0. The molecule has 0 radical (unpaired) electrons. The zero-order valence-corrected chi connectivity index (χ0v) is 12.8. The second-order valence-electron chi connectivity index (χ2n) is 5.34. The molecular weight excluding hydrogens is 310 g/mol. The molecule has 7 heteroatoms. The minimum absolute atomic E-state index is 0.148. The molecule has 120 valence electrons. The van der Waals surface area contributed by atoms with Crippen LogP contribution >= 0.6 is 0 Å². The smallest absolute Gasteiger partial charge is 0.373 e. The highest BCUT2D eigenvalue weighted by molar-refractivity contribution is 5.92. The number of carbonyl (C=O) groups is 1. The number of benzene rings is 1. The Kier molecular flexibility index (Phi) is 3.19. The quantitative estimate of drug-likeness (QED) is 0.539. The van der Waals surface area contributed by atoms with Gasteiger partial charge in [0.2, 0.25) is 5.76 Å². The molecule has 0 N–H and O–H groups in total. The van der Waals surface area contributed by atoms with Crippen LogP contribution in [0.3, 0.4) is 0 Å². The first-order valence-corrected chi connectivity index (χ1v) is 7.31. The zero-order chi connectivity index (χ0) is 16.7. The number of aromatic nitrogens is 3. The molecule has 0 spiro atoms. The fourth-order valence-electron chi connectivity index (χ4n) is 2.64. The van der Waals surface area contributed by atoms with Gasteiger partial charge in [-0.15, -0.1) is 5.10 Å². The lowest BCUT2D eigenvalue weighted by Gasteiger charge is -2.00. The van der Waals surface area contributed by atoms with Gasteiger partial charge in [0.15, 0.2) is 5.65 Å². The number of nitrogens with zero attached hydrogens (tertiary/aromatic N) is 3. The first kappa shape index (κ1) is 14.3. The van der Waals surface area contributed by atoms with Crippen LogP contribution in [-0.2, 0) is 11.3 Å². The Morgan fingerprint density at radius 2 is 2.12 bits per heavy atom. The second-order valence-corrected chi connectivity index (χ2v) is 5.34. The Balaban J connectivity index is 1.72. The molecule has 0 fully saturated rings. The molecule has 1 aromatic carbocycles. The third kappa shape index (κ3) is 2.26. The van der Waals surface area contributed by atoms with Gasteiger partial charge in [-0.05, 0) is 35.9 Å². The van der Waals surface area contributed by atoms with Gasteiger partial charge in [-0.3, -0.25) is 4.40 Å². The maximum Gasteiger partial charge on any atom is 0.373 e. The lowest BCUT2D eigenvalue weighted by Crippen LogP contribution is -2.21. The molecule has 0 atom stereocenters. The van der Waals surface area contributed by atoms with E-state index in [-0.39, 0.29) is 11.4 Å². The van der Waals surface area contributed by atoms with E-state index in [9.17, 15) is 9.59 Å². The van der Waals surface area contributed by atoms with Gasteiger partial charge in [-0.1, -0.05) is 12.1 Å². The van der Waals surface area contributed by atoms with Gasteiger partial charge in [-0.25, -0.2) is 14.3 Å². The molecule has 4 rings (SSSR count). The number of fused-ring (bicyclic) bond motifs is 2. The second kappa shape index (κ2) is 5.38. The fourth-order valence-corrected chi connectivity index (χ4v) is 2.64. The standard InChI is InChI=1S/C17H13N3O4/c1-23-16(21)14-9-12-8-11(5-6-13(12)24-14)10-20-17(22)19-7-3-2-4-15(19)18-20/h2-9H,10H2,1H3. The molecular formula is C17H13N3O4. The van der Waals surface area contributed by atoms with Crippen molar-refractivity contribution in [1.29, 1.82) is 0 Å². The molecule has 0 aliphatic rings. The van der Waals surface area contributed by atoms with Crippen molar-refractivity contribution in [1.82, 2.24) is 14.2 Å². The molecule has 0 aliphatic heterocycles. The van der Waals surface area contributed by atoms with Crippen molar-refractivity contribution in [3.8, 4) is 0 Å². The van der Waals surface area contributed by atoms with Gasteiger partial charge in [0, 0.05) is 11.6 Å². The minimum Gasteiger partial charge on any atom is -0.463 e. The molecule has 0 bridgehead atoms. The lowest BCUT2D eigenvalue weighted by atomic mass is 10.1. The number of methoxy groups -OCH3 is 1. The summed E-state index contributed by atoms with van der Waals surface area (Å²) in [5, 5.41) is 5.07. The topological polar surface area (TPSA) is 78.7 Å². The van der Waals surface area contributed by atoms with E-state index in [0.717, 1.165) is 10.9 Å². The van der Waals surface area contributed by atoms with Crippen LogP contribution in [-0.4, -0.2) is 27.3 Å². The summed E-state index contributed by atoms with van der Waals surface area (Å²) in [4.78, 5) is 23.8. The predicted octanol–water partition coefficient (Wildman–Crippen LogP) is 2.08. The van der Waals surface area contributed by atoms with Crippen molar-refractivity contribution in [3.63, 3.8) is 0 Å². The van der Waals surface area contributed by atoms with Crippen LogP contribution in [0.2, 0.25) is 0 Å². The van der Waals surface area contributed by atoms with Crippen molar-refractivity contribution >= 4 is 22.6 Å². The summed E-state index contributed by atoms with van der Waals surface area (Å²) in [6.45, 7) is 0.329. The Bertz CT molecular complexity index is 1120. The van der Waals surface area contributed by atoms with E-state index < -0.39 is 5.97 Å². The van der Waals surface area contributed by atoms with E-state index in [1.807, 2.05) is 18.2 Å². The van der Waals surface area contributed by atoms with Crippen LogP contribution in [0.15, 0.2) is 57.9 Å². The molecule has 3 heterocycles. The summed E-state index contributed by atoms with van der Waals surface area (Å²) in [5.74, 6) is -0.376. The normalized spacial score (nSPS) is 11.2. The first-order valence-electron chi connectivity index (χ1n) is 7.31. The summed E-state index contributed by atoms with van der Waals surface area (Å²) < 4.78 is 13.0. The number of furan rings is 1. The molecule has 0 unspecified atom stereocenters. The number of hydrogen-bond donors (Lipinski definition) is 0. The van der Waals surface area contributed by atoms with Crippen molar-refractivity contribution in [2.24, 2.45) is 0 Å². The van der Waals surface area contributed by atoms with Crippen molar-refractivity contribution in [2.45, 2.75) is 6.54 Å². The van der Waals surface area contributed by atoms with Crippen LogP contribution in [0.4, 0.5) is 0 Å². The Morgan fingerprint density at radius 1 is 1.25 bits per heavy atom. The highest BCUT2D eigenvalue weighted by Gasteiger charge is 2.13. The van der Waals surface area contributed by atoms with Gasteiger partial charge >= 0.3 is 11.7 Å². The van der Waals surface area contributed by atoms with E-state index in [1.165, 1.54) is 16.2 Å². The average Bonchev–Trinajstić information content (AvgIpc) is 3.16. The molecule has 24 heavy (non-hydrogen) atoms. The van der Waals surface area contributed by atoms with E-state index >= 15 is 0 Å². The van der Waals surface area contributed by atoms with Crippen molar-refractivity contribution in [3.05, 3.63) is 70.5 Å². The molecule has 7 nitrogen and oxygen atoms in total. The molecule has 0 saturated carbocycles. The fraction of sp³-hybridized carbons (Fsp3) is 0.118. The summed E-state index contributed by atoms with van der Waals surface area (Å²) in [7, 11) is 1.30. The van der Waals surface area contributed by atoms with E-state index in [4.69, 9.17) is 4.42 Å². The Hall–Kier alpha value is -3.35. The molecule has 0 amide bonds. The molecule has 3 aromatic heterocycles. The van der Waals surface area contributed by atoms with Gasteiger partial charge in [0.05, 0.1) is 13.7 Å². The largest absolute Gasteiger partial charge is 0.463 e. The van der Waals surface area contributed by atoms with Gasteiger partial charge in [0.25, 0.3) is 0 Å². The zero-order valence-electron chi connectivity index (χ0n) is 12.8. The Morgan fingerprint density at radius 3 is 2.92 bits per heavy atom. The summed E-state index contributed by atoms with van der Waals surface area (Å²) in [5.41, 5.74) is 1.86. The Labute approximate surface area is 135 Å². The number of rotatable bonds is 3. The maximum absolute atomic E-state index is 12.3. The van der Waals surface area contributed by atoms with Crippen LogP contribution in [0, 0.1) is 0 Å². The number of esters is 1. The minimum atomic E-state index is -0.524.